The van der Waals surface area contributed by atoms with Crippen LogP contribution in [0.3, 0.4) is 0 Å². The molecule has 4 heterocycles. The maximum absolute atomic E-state index is 15.4. The third-order valence-electron chi connectivity index (χ3n) is 12.4. The highest BCUT2D eigenvalue weighted by Gasteiger charge is 2.52. The summed E-state index contributed by atoms with van der Waals surface area (Å²) in [6.07, 6.45) is -2.62. The Hall–Kier alpha value is -7.09. The van der Waals surface area contributed by atoms with E-state index in [0.29, 0.717) is 48.6 Å². The van der Waals surface area contributed by atoms with Crippen molar-refractivity contribution in [3.8, 4) is 28.1 Å². The third-order valence-corrected chi connectivity index (χ3v) is 13.8. The topological polar surface area (TPSA) is 179 Å². The highest BCUT2D eigenvalue weighted by Crippen LogP contribution is 2.42. The molecule has 0 saturated carbocycles. The monoisotopic (exact) mass is 1060 g/mol. The number of alkyl halides is 3. The average molecular weight is 1060 g/mol. The Kier molecular flexibility index (Phi) is 16.7. The minimum absolute atomic E-state index is 0.00643. The van der Waals surface area contributed by atoms with Crippen LogP contribution in [0.25, 0.3) is 10.4 Å². The summed E-state index contributed by atoms with van der Waals surface area (Å²) in [5.74, 6) is -4.68. The first-order valence-electron chi connectivity index (χ1n) is 23.5. The number of hydrogen-bond donors (Lipinski definition) is 2. The first-order chi connectivity index (χ1) is 35.0. The summed E-state index contributed by atoms with van der Waals surface area (Å²) in [6.45, 7) is 11.5. The average Bonchev–Trinajstić information content (AvgIpc) is 4.07. The van der Waals surface area contributed by atoms with Crippen molar-refractivity contribution < 1.29 is 55.3 Å². The smallest absolute Gasteiger partial charge is 0.420 e. The number of aromatic nitrogens is 2. The van der Waals surface area contributed by atoms with E-state index in [1.165, 1.54) is 19.9 Å². The molecule has 2 aliphatic heterocycles. The van der Waals surface area contributed by atoms with Crippen LogP contribution in [-0.4, -0.2) is 94.2 Å². The van der Waals surface area contributed by atoms with E-state index in [9.17, 15) is 32.3 Å². The van der Waals surface area contributed by atoms with Crippen molar-refractivity contribution >= 4 is 63.7 Å². The molecular formula is C52H53F5N8O7S2. The van der Waals surface area contributed by atoms with Crippen molar-refractivity contribution in [2.75, 3.05) is 42.8 Å². The van der Waals surface area contributed by atoms with Gasteiger partial charge in [-0.05, 0) is 98.8 Å². The van der Waals surface area contributed by atoms with Gasteiger partial charge in [-0.1, -0.05) is 45.0 Å². The molecule has 0 aliphatic carbocycles. The van der Waals surface area contributed by atoms with Gasteiger partial charge in [0.25, 0.3) is 17.7 Å². The van der Waals surface area contributed by atoms with E-state index in [-0.39, 0.29) is 49.8 Å². The fourth-order valence-corrected chi connectivity index (χ4v) is 9.86. The lowest BCUT2D eigenvalue weighted by molar-refractivity contribution is -0.142. The Labute approximate surface area is 433 Å². The van der Waals surface area contributed by atoms with Crippen LogP contribution in [-0.2, 0) is 31.8 Å². The highest BCUT2D eigenvalue weighted by atomic mass is 32.1. The van der Waals surface area contributed by atoms with Crippen LogP contribution in [0.15, 0.2) is 78.4 Å². The van der Waals surface area contributed by atoms with Gasteiger partial charge >= 0.3 is 6.18 Å². The molecule has 2 unspecified atom stereocenters. The van der Waals surface area contributed by atoms with Crippen molar-refractivity contribution in [3.63, 3.8) is 0 Å². The van der Waals surface area contributed by atoms with Crippen molar-refractivity contribution in [2.24, 2.45) is 5.41 Å². The van der Waals surface area contributed by atoms with Gasteiger partial charge in [-0.3, -0.25) is 24.1 Å². The van der Waals surface area contributed by atoms with E-state index >= 15 is 8.78 Å². The second-order valence-electron chi connectivity index (χ2n) is 19.1. The highest BCUT2D eigenvalue weighted by molar-refractivity contribution is 7.81. The molecule has 22 heteroatoms. The predicted octanol–water partition coefficient (Wildman–Crippen LogP) is 8.92. The van der Waals surface area contributed by atoms with E-state index in [2.05, 4.69) is 20.6 Å². The third kappa shape index (κ3) is 12.0. The number of aryl methyl sites for hydroxylation is 1. The lowest BCUT2D eigenvalue weighted by Gasteiger charge is -2.35. The minimum Gasteiger partial charge on any atom is -0.491 e. The number of benzene rings is 3. The number of likely N-dealkylation sites (tertiary alicyclic amines) is 1. The lowest BCUT2D eigenvalue weighted by atomic mass is 9.85. The van der Waals surface area contributed by atoms with Gasteiger partial charge in [-0.25, -0.2) is 18.7 Å². The number of amides is 4. The Morgan fingerprint density at radius 1 is 0.973 bits per heavy atom. The maximum atomic E-state index is 15.4. The second kappa shape index (κ2) is 22.6. The van der Waals surface area contributed by atoms with Crippen LogP contribution in [0.4, 0.5) is 33.3 Å². The molecule has 2 saturated heterocycles. The fourth-order valence-electron chi connectivity index (χ4n) is 8.54. The van der Waals surface area contributed by atoms with Crippen molar-refractivity contribution in [1.29, 1.82) is 5.26 Å². The molecular weight excluding hydrogens is 1010 g/mol. The molecule has 2 aliphatic rings. The van der Waals surface area contributed by atoms with Gasteiger partial charge in [-0.15, -0.1) is 11.3 Å². The zero-order valence-electron chi connectivity index (χ0n) is 41.3. The summed E-state index contributed by atoms with van der Waals surface area (Å²) >= 11 is 6.98. The standard InChI is InChI=1S/C52H53F5N8O7S2/c1-30-42(74-29-61-30)32-12-10-31(11-13-32)27-59-45(67)39-9-7-20-63(39)47(68)43(50(2,3)4)62-44(66)33-14-17-36(18-15-33)71-24-23-70-21-8-22-72-46-37(53)25-35(28-60-46)65-49(73)64(48(69)51(65,5)6)38-19-16-34(26-58)40(41(38)54)52(55,56)57/h10-19,25,28-29,39,43H,7-9,20-24,27H2,1-6H3,(H,59,67)(H,62,66). The first kappa shape index (κ1) is 54.7. The number of rotatable bonds is 18. The van der Waals surface area contributed by atoms with E-state index in [4.69, 9.17) is 31.7 Å². The number of nitrogens with zero attached hydrogens (tertiary/aromatic N) is 6. The SMILES string of the molecule is Cc1ncsc1-c1ccc(CNC(=O)C2CCCN2C(=O)C(NC(=O)c2ccc(OCCOCCCOc3ncc(N4C(=S)N(c5ccc(C#N)c(C(F)(F)F)c5F)C(=O)C4(C)C)cc3F)cc2)C(C)(C)C)cc1. The van der Waals surface area contributed by atoms with Gasteiger partial charge in [0.05, 0.1) is 58.5 Å². The summed E-state index contributed by atoms with van der Waals surface area (Å²) in [6, 6.07) is 16.6. The summed E-state index contributed by atoms with van der Waals surface area (Å²) in [7, 11) is 0. The van der Waals surface area contributed by atoms with Crippen molar-refractivity contribution in [1.82, 2.24) is 25.5 Å². The van der Waals surface area contributed by atoms with Crippen molar-refractivity contribution in [2.45, 2.75) is 91.1 Å². The Bertz CT molecular complexity index is 2960. The maximum Gasteiger partial charge on any atom is 0.420 e. The largest absolute Gasteiger partial charge is 0.491 e. The fraction of sp³-hybridized carbons (Fsp3) is 0.385. The Balaban J connectivity index is 0.836. The van der Waals surface area contributed by atoms with Crippen LogP contribution >= 0.6 is 23.6 Å². The molecule has 74 heavy (non-hydrogen) atoms. The second-order valence-corrected chi connectivity index (χ2v) is 20.3. The molecule has 5 aromatic rings. The van der Waals surface area contributed by atoms with E-state index in [1.54, 1.807) is 40.5 Å². The van der Waals surface area contributed by atoms with Crippen LogP contribution in [0.5, 0.6) is 11.6 Å². The van der Waals surface area contributed by atoms with Gasteiger partial charge in [0.1, 0.15) is 35.5 Å². The van der Waals surface area contributed by atoms with Crippen LogP contribution in [0, 0.1) is 35.3 Å². The van der Waals surface area contributed by atoms with Gasteiger partial charge in [-0.2, -0.15) is 18.4 Å². The van der Waals surface area contributed by atoms with Crippen molar-refractivity contribution in [3.05, 3.63) is 118 Å². The molecule has 7 rings (SSSR count). The number of anilines is 2. The number of thiocarbonyl (C=S) groups is 1. The number of carbonyl (C=O) groups excluding carboxylic acids is 4. The molecule has 4 amide bonds. The van der Waals surface area contributed by atoms with Gasteiger partial charge in [0.2, 0.25) is 11.8 Å². The quantitative estimate of drug-likeness (QED) is 0.0484. The first-order valence-corrected chi connectivity index (χ1v) is 24.8. The van der Waals surface area contributed by atoms with E-state index in [0.717, 1.165) is 51.0 Å². The molecule has 3 aromatic carbocycles. The number of carbonyl (C=O) groups is 4. The molecule has 2 N–H and O–H groups in total. The molecule has 0 spiro atoms. The normalized spacial score (nSPS) is 16.0. The number of hydrogen-bond acceptors (Lipinski definition) is 12. The summed E-state index contributed by atoms with van der Waals surface area (Å²) in [4.78, 5) is 67.2. The lowest BCUT2D eigenvalue weighted by Crippen LogP contribution is -2.57. The Morgan fingerprint density at radius 2 is 1.69 bits per heavy atom. The summed E-state index contributed by atoms with van der Waals surface area (Å²) < 4.78 is 88.8. The molecule has 0 radical (unpaired) electrons. The number of thiazole rings is 1. The van der Waals surface area contributed by atoms with E-state index in [1.807, 2.05) is 57.5 Å². The number of nitriles is 1. The number of halogens is 5. The number of ether oxygens (including phenoxy) is 3. The van der Waals surface area contributed by atoms with Crippen LogP contribution in [0.1, 0.15) is 86.6 Å². The molecule has 15 nitrogen and oxygen atoms in total. The number of pyridine rings is 1. The molecule has 2 atom stereocenters. The minimum atomic E-state index is -5.25. The zero-order valence-corrected chi connectivity index (χ0v) is 42.9. The van der Waals surface area contributed by atoms with Crippen LogP contribution < -0.4 is 29.9 Å². The predicted molar refractivity (Wildman–Crippen MR) is 269 cm³/mol. The molecule has 2 fully saturated rings. The van der Waals surface area contributed by atoms with Crippen LogP contribution in [0.2, 0.25) is 0 Å². The molecule has 2 aromatic heterocycles. The van der Waals surface area contributed by atoms with Gasteiger partial charge in [0, 0.05) is 37.7 Å². The summed E-state index contributed by atoms with van der Waals surface area (Å²) in [5.41, 5.74) is -0.956. The van der Waals surface area contributed by atoms with Gasteiger partial charge < -0.3 is 34.6 Å². The molecule has 390 valence electrons. The zero-order chi connectivity index (χ0) is 53.7. The Morgan fingerprint density at radius 3 is 2.32 bits per heavy atom. The number of nitrogens with one attached hydrogen (secondary N) is 2. The molecule has 0 bridgehead atoms. The van der Waals surface area contributed by atoms with Gasteiger partial charge in [0.15, 0.2) is 16.7 Å². The van der Waals surface area contributed by atoms with E-state index < -0.39 is 74.6 Å². The summed E-state index contributed by atoms with van der Waals surface area (Å²) in [5, 5.41) is 14.6.